The molecule has 20 heavy (non-hydrogen) atoms. The van der Waals surface area contributed by atoms with Gasteiger partial charge >= 0.3 is 0 Å². The van der Waals surface area contributed by atoms with Gasteiger partial charge < -0.3 is 15.6 Å². The normalized spacial score (nSPS) is 11.3. The Labute approximate surface area is 118 Å². The van der Waals surface area contributed by atoms with Crippen LogP contribution in [-0.4, -0.2) is 20.3 Å². The lowest BCUT2D eigenvalue weighted by Gasteiger charge is -2.14. The third-order valence-corrected chi connectivity index (χ3v) is 3.06. The SMILES string of the molecule is CC(C)n1cc(N)cc1C(=O)Nc1ccnn1C(C)C. The number of amides is 1. The second-order valence-electron chi connectivity index (χ2n) is 5.37. The zero-order valence-electron chi connectivity index (χ0n) is 12.3. The number of hydrogen-bond donors (Lipinski definition) is 2. The minimum atomic E-state index is -0.183. The average Bonchev–Trinajstić information content (AvgIpc) is 2.95. The molecule has 2 aromatic rings. The molecule has 2 rings (SSSR count). The summed E-state index contributed by atoms with van der Waals surface area (Å²) in [6.07, 6.45) is 3.45. The first-order valence-corrected chi connectivity index (χ1v) is 6.72. The van der Waals surface area contributed by atoms with E-state index in [0.29, 0.717) is 17.2 Å². The van der Waals surface area contributed by atoms with Crippen molar-refractivity contribution in [1.82, 2.24) is 14.3 Å². The van der Waals surface area contributed by atoms with Crippen LogP contribution in [0.5, 0.6) is 0 Å². The van der Waals surface area contributed by atoms with Gasteiger partial charge in [0.25, 0.3) is 5.91 Å². The van der Waals surface area contributed by atoms with Crippen LogP contribution in [0, 0.1) is 0 Å². The van der Waals surface area contributed by atoms with Crippen LogP contribution in [0.25, 0.3) is 0 Å². The van der Waals surface area contributed by atoms with Crippen LogP contribution in [0.15, 0.2) is 24.5 Å². The van der Waals surface area contributed by atoms with Crippen LogP contribution in [0.3, 0.4) is 0 Å². The predicted octanol–water partition coefficient (Wildman–Crippen LogP) is 2.68. The molecule has 0 fully saturated rings. The Morgan fingerprint density at radius 2 is 2.00 bits per heavy atom. The summed E-state index contributed by atoms with van der Waals surface area (Å²) < 4.78 is 3.63. The first-order chi connectivity index (χ1) is 9.40. The molecule has 0 aliphatic rings. The summed E-state index contributed by atoms with van der Waals surface area (Å²) in [5, 5.41) is 7.08. The van der Waals surface area contributed by atoms with Crippen molar-refractivity contribution in [3.05, 3.63) is 30.2 Å². The molecule has 0 saturated carbocycles. The molecule has 2 aromatic heterocycles. The summed E-state index contributed by atoms with van der Waals surface area (Å²) in [4.78, 5) is 12.4. The van der Waals surface area contributed by atoms with Crippen LogP contribution < -0.4 is 11.1 Å². The van der Waals surface area contributed by atoms with E-state index in [0.717, 1.165) is 0 Å². The highest BCUT2D eigenvalue weighted by atomic mass is 16.2. The Hall–Kier alpha value is -2.24. The lowest BCUT2D eigenvalue weighted by molar-refractivity contribution is 0.101. The van der Waals surface area contributed by atoms with Crippen LogP contribution in [0.2, 0.25) is 0 Å². The molecule has 2 heterocycles. The van der Waals surface area contributed by atoms with Crippen LogP contribution >= 0.6 is 0 Å². The lowest BCUT2D eigenvalue weighted by Crippen LogP contribution is -2.20. The molecular weight excluding hydrogens is 254 g/mol. The maximum atomic E-state index is 12.4. The van der Waals surface area contributed by atoms with Crippen molar-refractivity contribution in [1.29, 1.82) is 0 Å². The molecule has 0 atom stereocenters. The zero-order valence-corrected chi connectivity index (χ0v) is 12.3. The topological polar surface area (TPSA) is 77.9 Å². The maximum Gasteiger partial charge on any atom is 0.273 e. The highest BCUT2D eigenvalue weighted by molar-refractivity contribution is 6.03. The Balaban J connectivity index is 2.26. The quantitative estimate of drug-likeness (QED) is 0.900. The van der Waals surface area contributed by atoms with Gasteiger partial charge in [0.15, 0.2) is 0 Å². The number of carbonyl (C=O) groups excluding carboxylic acids is 1. The largest absolute Gasteiger partial charge is 0.397 e. The van der Waals surface area contributed by atoms with Crippen LogP contribution in [0.1, 0.15) is 50.3 Å². The Kier molecular flexibility index (Phi) is 3.83. The Morgan fingerprint density at radius 1 is 1.30 bits per heavy atom. The predicted molar refractivity (Wildman–Crippen MR) is 79.8 cm³/mol. The Morgan fingerprint density at radius 3 is 2.60 bits per heavy atom. The van der Waals surface area contributed by atoms with Crippen molar-refractivity contribution < 1.29 is 4.79 Å². The van der Waals surface area contributed by atoms with Crippen molar-refractivity contribution in [3.63, 3.8) is 0 Å². The molecule has 0 radical (unpaired) electrons. The molecule has 0 spiro atoms. The number of carbonyl (C=O) groups is 1. The van der Waals surface area contributed by atoms with Gasteiger partial charge in [-0.3, -0.25) is 4.79 Å². The third kappa shape index (κ3) is 2.68. The molecule has 0 saturated heterocycles. The number of nitrogens with zero attached hydrogens (tertiary/aromatic N) is 3. The number of rotatable bonds is 4. The smallest absolute Gasteiger partial charge is 0.273 e. The lowest BCUT2D eigenvalue weighted by atomic mass is 10.3. The highest BCUT2D eigenvalue weighted by Crippen LogP contribution is 2.19. The number of nitrogens with two attached hydrogens (primary N) is 1. The van der Waals surface area contributed by atoms with Crippen molar-refractivity contribution in [2.75, 3.05) is 11.1 Å². The van der Waals surface area contributed by atoms with Gasteiger partial charge in [-0.1, -0.05) is 0 Å². The van der Waals surface area contributed by atoms with Crippen molar-refractivity contribution >= 4 is 17.4 Å². The molecule has 0 bridgehead atoms. The van der Waals surface area contributed by atoms with Gasteiger partial charge in [0, 0.05) is 24.3 Å². The molecule has 108 valence electrons. The number of nitrogens with one attached hydrogen (secondary N) is 1. The summed E-state index contributed by atoms with van der Waals surface area (Å²) in [5.41, 5.74) is 6.92. The van der Waals surface area contributed by atoms with E-state index in [9.17, 15) is 4.79 Å². The summed E-state index contributed by atoms with van der Waals surface area (Å²) in [6.45, 7) is 8.04. The van der Waals surface area contributed by atoms with E-state index in [1.807, 2.05) is 32.3 Å². The number of anilines is 2. The number of hydrogen-bond acceptors (Lipinski definition) is 3. The fraction of sp³-hybridized carbons (Fsp3) is 0.429. The van der Waals surface area contributed by atoms with Crippen molar-refractivity contribution in [3.8, 4) is 0 Å². The van der Waals surface area contributed by atoms with Crippen molar-refractivity contribution in [2.45, 2.75) is 39.8 Å². The third-order valence-electron chi connectivity index (χ3n) is 3.06. The Bertz CT molecular complexity index is 609. The van der Waals surface area contributed by atoms with Gasteiger partial charge in [-0.2, -0.15) is 5.10 Å². The second kappa shape index (κ2) is 5.40. The second-order valence-corrected chi connectivity index (χ2v) is 5.37. The van der Waals surface area contributed by atoms with Crippen molar-refractivity contribution in [2.24, 2.45) is 0 Å². The molecule has 1 amide bonds. The molecule has 3 N–H and O–H groups in total. The fourth-order valence-electron chi connectivity index (χ4n) is 2.11. The van der Waals surface area contributed by atoms with Crippen LogP contribution in [0.4, 0.5) is 11.5 Å². The van der Waals surface area contributed by atoms with E-state index in [4.69, 9.17) is 5.73 Å². The molecule has 6 nitrogen and oxygen atoms in total. The molecule has 0 unspecified atom stereocenters. The minimum Gasteiger partial charge on any atom is -0.397 e. The van der Waals surface area contributed by atoms with E-state index >= 15 is 0 Å². The minimum absolute atomic E-state index is 0.169. The van der Waals surface area contributed by atoms with Crippen LogP contribution in [-0.2, 0) is 0 Å². The van der Waals surface area contributed by atoms with E-state index < -0.39 is 0 Å². The summed E-state index contributed by atoms with van der Waals surface area (Å²) in [5.74, 6) is 0.498. The monoisotopic (exact) mass is 275 g/mol. The van der Waals surface area contributed by atoms with Gasteiger partial charge in [-0.15, -0.1) is 0 Å². The number of nitrogen functional groups attached to an aromatic ring is 1. The zero-order chi connectivity index (χ0) is 14.9. The fourth-order valence-corrected chi connectivity index (χ4v) is 2.11. The van der Waals surface area contributed by atoms with Gasteiger partial charge in [-0.05, 0) is 33.8 Å². The van der Waals surface area contributed by atoms with Gasteiger partial charge in [0.2, 0.25) is 0 Å². The summed E-state index contributed by atoms with van der Waals surface area (Å²) in [6, 6.07) is 3.82. The average molecular weight is 275 g/mol. The highest BCUT2D eigenvalue weighted by Gasteiger charge is 2.17. The standard InChI is InChI=1S/C14H21N5O/c1-9(2)18-8-11(15)7-12(18)14(20)17-13-5-6-16-19(13)10(3)4/h5-10H,15H2,1-4H3,(H,17,20). The van der Waals surface area contributed by atoms with Gasteiger partial charge in [0.1, 0.15) is 11.5 Å². The van der Waals surface area contributed by atoms with E-state index in [-0.39, 0.29) is 18.0 Å². The summed E-state index contributed by atoms with van der Waals surface area (Å²) in [7, 11) is 0. The molecular formula is C14H21N5O. The molecule has 0 aliphatic carbocycles. The first kappa shape index (κ1) is 14.2. The van der Waals surface area contributed by atoms with E-state index in [1.54, 1.807) is 29.2 Å². The first-order valence-electron chi connectivity index (χ1n) is 6.72. The van der Waals surface area contributed by atoms with E-state index in [1.165, 1.54) is 0 Å². The van der Waals surface area contributed by atoms with Gasteiger partial charge in [0.05, 0.1) is 11.9 Å². The van der Waals surface area contributed by atoms with Gasteiger partial charge in [-0.25, -0.2) is 4.68 Å². The maximum absolute atomic E-state index is 12.4. The van der Waals surface area contributed by atoms with E-state index in [2.05, 4.69) is 10.4 Å². The molecule has 0 aromatic carbocycles. The number of aromatic nitrogens is 3. The molecule has 0 aliphatic heterocycles. The molecule has 6 heteroatoms. The summed E-state index contributed by atoms with van der Waals surface area (Å²) >= 11 is 0.